The molecule has 5 heteroatoms. The van der Waals surface area contributed by atoms with Gasteiger partial charge in [0.25, 0.3) is 0 Å². The second kappa shape index (κ2) is 8.54. The molecule has 0 saturated heterocycles. The minimum atomic E-state index is 0. The van der Waals surface area contributed by atoms with Gasteiger partial charge in [-0.1, -0.05) is 59.3 Å². The summed E-state index contributed by atoms with van der Waals surface area (Å²) < 4.78 is 4.10. The second-order valence-corrected chi connectivity index (χ2v) is 9.32. The summed E-state index contributed by atoms with van der Waals surface area (Å²) >= 11 is 0. The average molecular weight is 656 g/mol. The van der Waals surface area contributed by atoms with Gasteiger partial charge in [0.1, 0.15) is 0 Å². The fraction of sp³-hybridized carbons (Fsp3) is 0.0625. The normalized spacial score (nSPS) is 11.8. The van der Waals surface area contributed by atoms with Crippen LogP contribution in [-0.4, -0.2) is 19.2 Å². The zero-order valence-electron chi connectivity index (χ0n) is 19.8. The van der Waals surface area contributed by atoms with Crippen LogP contribution in [0.5, 0.6) is 0 Å². The summed E-state index contributed by atoms with van der Waals surface area (Å²) in [5.74, 6) is 0. The van der Waals surface area contributed by atoms with E-state index in [1.54, 1.807) is 0 Å². The van der Waals surface area contributed by atoms with Crippen LogP contribution in [0.3, 0.4) is 0 Å². The third-order valence-electron chi connectivity index (χ3n) is 7.24. The average Bonchev–Trinajstić information content (AvgIpc) is 3.58. The van der Waals surface area contributed by atoms with Crippen LogP contribution >= 0.6 is 0 Å². The fourth-order valence-electron chi connectivity index (χ4n) is 5.61. The van der Waals surface area contributed by atoms with Crippen molar-refractivity contribution < 1.29 is 21.1 Å². The molecule has 4 aromatic carbocycles. The summed E-state index contributed by atoms with van der Waals surface area (Å²) in [6.07, 6.45) is 1.63. The molecule has 8 aromatic rings. The third kappa shape index (κ3) is 3.33. The number of pyridine rings is 2. The molecule has 178 valence electrons. The van der Waals surface area contributed by atoms with E-state index in [9.17, 15) is 0 Å². The number of aromatic nitrogens is 4. The maximum atomic E-state index is 5.00. The molecule has 0 aliphatic heterocycles. The molecule has 4 nitrogen and oxygen atoms in total. The molecule has 0 bridgehead atoms. The summed E-state index contributed by atoms with van der Waals surface area (Å²) in [5, 5.41) is 17.2. The van der Waals surface area contributed by atoms with Gasteiger partial charge in [-0.05, 0) is 46.8 Å². The van der Waals surface area contributed by atoms with E-state index in [-0.39, 0.29) is 21.1 Å². The van der Waals surface area contributed by atoms with E-state index in [2.05, 4.69) is 84.9 Å². The summed E-state index contributed by atoms with van der Waals surface area (Å²) in [4.78, 5) is 0. The van der Waals surface area contributed by atoms with Gasteiger partial charge in [-0.15, -0.1) is 10.8 Å². The minimum Gasteiger partial charge on any atom is -0.257 e. The zero-order valence-corrected chi connectivity index (χ0v) is 22.0. The van der Waals surface area contributed by atoms with Crippen LogP contribution < -0.4 is 0 Å². The van der Waals surface area contributed by atoms with Crippen LogP contribution in [-0.2, 0) is 33.9 Å². The maximum Gasteiger partial charge on any atom is 2.00 e. The van der Waals surface area contributed by atoms with E-state index in [1.165, 1.54) is 32.3 Å². The van der Waals surface area contributed by atoms with Crippen LogP contribution in [0.2, 0.25) is 0 Å². The van der Waals surface area contributed by atoms with Crippen molar-refractivity contribution in [3.8, 4) is 0 Å². The van der Waals surface area contributed by atoms with Gasteiger partial charge in [0.15, 0.2) is 0 Å². The second-order valence-electron chi connectivity index (χ2n) is 9.32. The predicted molar refractivity (Wildman–Crippen MR) is 145 cm³/mol. The first-order chi connectivity index (χ1) is 17.8. The van der Waals surface area contributed by atoms with Crippen molar-refractivity contribution in [3.63, 3.8) is 0 Å². The Hall–Kier alpha value is -4.01. The Balaban J connectivity index is 0.00000231. The predicted octanol–water partition coefficient (Wildman–Crippen LogP) is 6.98. The summed E-state index contributed by atoms with van der Waals surface area (Å²) in [5.41, 5.74) is 6.39. The topological polar surface area (TPSA) is 34.6 Å². The zero-order chi connectivity index (χ0) is 23.6. The molecule has 0 fully saturated rings. The van der Waals surface area contributed by atoms with Crippen LogP contribution in [0.4, 0.5) is 0 Å². The third-order valence-corrected chi connectivity index (χ3v) is 7.24. The number of para-hydroxylation sites is 2. The Labute approximate surface area is 227 Å². The van der Waals surface area contributed by atoms with Gasteiger partial charge in [-0.25, -0.2) is 0 Å². The monoisotopic (exact) mass is 655 g/mol. The number of aryl methyl sites for hydroxylation is 2. The van der Waals surface area contributed by atoms with Crippen LogP contribution in [0.15, 0.2) is 97.1 Å². The molecule has 37 heavy (non-hydrogen) atoms. The van der Waals surface area contributed by atoms with Crippen LogP contribution in [0.25, 0.3) is 54.4 Å². The summed E-state index contributed by atoms with van der Waals surface area (Å²) in [6.45, 7) is 0. The van der Waals surface area contributed by atoms with Crippen LogP contribution in [0, 0.1) is 12.1 Å². The van der Waals surface area contributed by atoms with Crippen molar-refractivity contribution >= 4 is 54.4 Å². The van der Waals surface area contributed by atoms with Gasteiger partial charge >= 0.3 is 21.1 Å². The SMILES string of the molecule is [Pt+2].[c-]1cccc2c3ccccc3c3cc(CCc4cc5c6ccccc6c6ccc[c-]c6n5n4)nn3c12. The quantitative estimate of drug-likeness (QED) is 0.152. The van der Waals surface area contributed by atoms with Gasteiger partial charge in [-0.3, -0.25) is 9.03 Å². The van der Waals surface area contributed by atoms with Gasteiger partial charge in [0.05, 0.1) is 22.4 Å². The molecule has 4 aromatic heterocycles. The summed E-state index contributed by atoms with van der Waals surface area (Å²) in [6, 6.07) is 40.6. The van der Waals surface area contributed by atoms with E-state index in [0.29, 0.717) is 0 Å². The molecule has 0 spiro atoms. The van der Waals surface area contributed by atoms with E-state index in [4.69, 9.17) is 10.2 Å². The number of hydrogen-bond donors (Lipinski definition) is 0. The van der Waals surface area contributed by atoms with Gasteiger partial charge in [0.2, 0.25) is 0 Å². The van der Waals surface area contributed by atoms with E-state index < -0.39 is 0 Å². The van der Waals surface area contributed by atoms with Crippen molar-refractivity contribution in [2.75, 3.05) is 0 Å². The number of hydrogen-bond acceptors (Lipinski definition) is 2. The Bertz CT molecular complexity index is 1820. The van der Waals surface area contributed by atoms with Crippen molar-refractivity contribution in [2.24, 2.45) is 0 Å². The first kappa shape index (κ1) is 22.2. The Morgan fingerprint density at radius 3 is 1.38 bits per heavy atom. The molecule has 4 heterocycles. The number of fused-ring (bicyclic) bond motifs is 12. The molecule has 0 unspecified atom stereocenters. The van der Waals surface area contributed by atoms with Crippen molar-refractivity contribution in [1.82, 2.24) is 19.2 Å². The van der Waals surface area contributed by atoms with E-state index in [0.717, 1.165) is 46.3 Å². The molecule has 0 atom stereocenters. The molecule has 0 saturated carbocycles. The number of nitrogens with zero attached hydrogens (tertiary/aromatic N) is 4. The largest absolute Gasteiger partial charge is 2.00 e. The molecule has 0 N–H and O–H groups in total. The van der Waals surface area contributed by atoms with Gasteiger partial charge in [-0.2, -0.15) is 58.7 Å². The molecule has 0 amide bonds. The Morgan fingerprint density at radius 2 is 0.919 bits per heavy atom. The Morgan fingerprint density at radius 1 is 0.514 bits per heavy atom. The van der Waals surface area contributed by atoms with E-state index >= 15 is 0 Å². The first-order valence-electron chi connectivity index (χ1n) is 12.2. The van der Waals surface area contributed by atoms with Crippen molar-refractivity contribution in [2.45, 2.75) is 12.8 Å². The standard InChI is InChI=1S/C32H20N4.Pt/c1-3-13-27-23(9-1)25-11-5-7-15-29(25)35-31(27)19-21(33-35)17-18-22-20-32-28-14-4-2-10-24(28)26-12-6-8-16-30(26)36(32)34-22;/h1-14,19-20H,17-18H2;/q-2;+2. The van der Waals surface area contributed by atoms with E-state index in [1.807, 2.05) is 33.3 Å². The van der Waals surface area contributed by atoms with Gasteiger partial charge in [0, 0.05) is 0 Å². The van der Waals surface area contributed by atoms with Crippen molar-refractivity contribution in [1.29, 1.82) is 0 Å². The summed E-state index contributed by atoms with van der Waals surface area (Å²) in [7, 11) is 0. The Kier molecular flexibility index (Phi) is 5.12. The van der Waals surface area contributed by atoms with Crippen LogP contribution in [0.1, 0.15) is 11.4 Å². The van der Waals surface area contributed by atoms with Crippen molar-refractivity contribution in [3.05, 3.63) is 121 Å². The number of benzene rings is 4. The molecule has 0 aliphatic rings. The van der Waals surface area contributed by atoms with Gasteiger partial charge < -0.3 is 0 Å². The molecule has 0 radical (unpaired) electrons. The smallest absolute Gasteiger partial charge is 0.257 e. The molecular formula is C32H20N4Pt. The molecule has 0 aliphatic carbocycles. The minimum absolute atomic E-state index is 0. The number of rotatable bonds is 3. The first-order valence-corrected chi connectivity index (χ1v) is 12.2. The molecular weight excluding hydrogens is 635 g/mol. The molecule has 8 rings (SSSR count). The fourth-order valence-corrected chi connectivity index (χ4v) is 5.61. The maximum absolute atomic E-state index is 5.00.